The van der Waals surface area contributed by atoms with Crippen LogP contribution in [0, 0.1) is 0 Å². The summed E-state index contributed by atoms with van der Waals surface area (Å²) in [5.74, 6) is -0.758. The number of alkyl halides is 3. The second-order valence-electron chi connectivity index (χ2n) is 11.1. The molecule has 0 unspecified atom stereocenters. The number of aromatic nitrogens is 1. The molecule has 234 valence electrons. The molecule has 0 saturated carbocycles. The number of rotatable bonds is 6. The monoisotopic (exact) mass is 654 g/mol. The topological polar surface area (TPSA) is 58.0 Å². The molecule has 0 fully saturated rings. The highest BCUT2D eigenvalue weighted by Gasteiger charge is 2.48. The zero-order valence-corrected chi connectivity index (χ0v) is 26.3. The van der Waals surface area contributed by atoms with E-state index in [1.54, 1.807) is 41.0 Å². The third-order valence-corrected chi connectivity index (χ3v) is 9.54. The van der Waals surface area contributed by atoms with Crippen molar-refractivity contribution in [2.45, 2.75) is 42.4 Å². The first kappa shape index (κ1) is 30.9. The molecule has 3 aromatic carbocycles. The highest BCUT2D eigenvalue weighted by Crippen LogP contribution is 2.46. The molecule has 2 aliphatic rings. The van der Waals surface area contributed by atoms with Crippen molar-refractivity contribution < 1.29 is 22.7 Å². The average molecular weight is 655 g/mol. The van der Waals surface area contributed by atoms with Crippen molar-refractivity contribution in [1.29, 1.82) is 0 Å². The number of anilines is 1. The maximum absolute atomic E-state index is 14.3. The molecule has 0 aliphatic carbocycles. The summed E-state index contributed by atoms with van der Waals surface area (Å²) in [4.78, 5) is 31.2. The predicted octanol–water partition coefficient (Wildman–Crippen LogP) is 6.84. The van der Waals surface area contributed by atoms with E-state index >= 15 is 0 Å². The molecular formula is C33H30ClF3N4O3S. The second-order valence-corrected chi connectivity index (χ2v) is 12.6. The first-order valence-corrected chi connectivity index (χ1v) is 15.6. The average Bonchev–Trinajstić information content (AvgIpc) is 3.18. The van der Waals surface area contributed by atoms with Gasteiger partial charge in [-0.3, -0.25) is 19.3 Å². The van der Waals surface area contributed by atoms with Gasteiger partial charge in [-0.25, -0.2) is 0 Å². The van der Waals surface area contributed by atoms with Crippen LogP contribution in [-0.4, -0.2) is 48.5 Å². The molecule has 12 heteroatoms. The molecule has 0 radical (unpaired) electrons. The van der Waals surface area contributed by atoms with Gasteiger partial charge in [0.2, 0.25) is 5.43 Å². The van der Waals surface area contributed by atoms with Gasteiger partial charge in [-0.1, -0.05) is 72.3 Å². The molecule has 4 aromatic rings. The quantitative estimate of drug-likeness (QED) is 0.227. The summed E-state index contributed by atoms with van der Waals surface area (Å²) in [6.07, 6.45) is -3.42. The number of pyridine rings is 1. The van der Waals surface area contributed by atoms with Gasteiger partial charge < -0.3 is 14.5 Å². The number of nitrogens with zero attached hydrogens (tertiary/aromatic N) is 4. The zero-order valence-electron chi connectivity index (χ0n) is 24.7. The minimum Gasteiger partial charge on any atom is -0.482 e. The maximum atomic E-state index is 14.3. The molecule has 3 heterocycles. The molecule has 45 heavy (non-hydrogen) atoms. The Hall–Kier alpha value is -4.09. The van der Waals surface area contributed by atoms with Gasteiger partial charge in [-0.2, -0.15) is 13.2 Å². The summed E-state index contributed by atoms with van der Waals surface area (Å²) in [6.45, 7) is 0.414. The molecule has 0 spiro atoms. The molecule has 2 atom stereocenters. The largest absolute Gasteiger partial charge is 0.482 e. The number of hydrogen-bond donors (Lipinski definition) is 0. The van der Waals surface area contributed by atoms with Crippen LogP contribution >= 0.6 is 23.4 Å². The van der Waals surface area contributed by atoms with Crippen LogP contribution in [0.1, 0.15) is 45.7 Å². The van der Waals surface area contributed by atoms with Gasteiger partial charge in [0.15, 0.2) is 11.4 Å². The Bertz CT molecular complexity index is 1820. The number of carbonyl (C=O) groups is 1. The van der Waals surface area contributed by atoms with Crippen molar-refractivity contribution >= 4 is 35.0 Å². The van der Waals surface area contributed by atoms with Crippen molar-refractivity contribution in [2.75, 3.05) is 30.7 Å². The molecular weight excluding hydrogens is 625 g/mol. The van der Waals surface area contributed by atoms with Crippen molar-refractivity contribution in [1.82, 2.24) is 9.58 Å². The lowest BCUT2D eigenvalue weighted by atomic mass is 9.92. The van der Waals surface area contributed by atoms with Crippen LogP contribution in [0.5, 0.6) is 5.75 Å². The minimum absolute atomic E-state index is 0.0952. The van der Waals surface area contributed by atoms with Crippen LogP contribution in [0.2, 0.25) is 5.02 Å². The number of halogens is 4. The van der Waals surface area contributed by atoms with E-state index in [0.717, 1.165) is 39.1 Å². The van der Waals surface area contributed by atoms with E-state index in [-0.39, 0.29) is 17.3 Å². The standard InChI is InChI=1S/C33H30ClF3N4O3S/c1-20(33(35,36)37)39-19-41(28-23-13-7-8-15-26(23)45-18-22-12-9-14-25(27(22)28)38(2)3)40-16-24(34)30(42)31(29(40)32(39)43)44-17-21-10-5-4-6-11-21/h4-16,20,28H,17-19H2,1-3H3/t20-,28-/m1/s1. The van der Waals surface area contributed by atoms with Gasteiger partial charge in [0.05, 0.1) is 0 Å². The molecule has 7 nitrogen and oxygen atoms in total. The van der Waals surface area contributed by atoms with E-state index in [1.165, 1.54) is 10.9 Å². The van der Waals surface area contributed by atoms with Crippen molar-refractivity contribution in [3.05, 3.63) is 122 Å². The normalized spacial score (nSPS) is 16.8. The van der Waals surface area contributed by atoms with Gasteiger partial charge in [-0.15, -0.1) is 11.8 Å². The van der Waals surface area contributed by atoms with E-state index in [9.17, 15) is 22.8 Å². The Morgan fingerprint density at radius 3 is 2.44 bits per heavy atom. The third kappa shape index (κ3) is 5.63. The number of fused-ring (bicyclic) bond motifs is 3. The number of benzene rings is 3. The number of thioether (sulfide) groups is 1. The highest BCUT2D eigenvalue weighted by atomic mass is 35.5. The van der Waals surface area contributed by atoms with Gasteiger partial charge in [0.1, 0.15) is 30.4 Å². The molecule has 2 aliphatic heterocycles. The first-order chi connectivity index (χ1) is 21.5. The summed E-state index contributed by atoms with van der Waals surface area (Å²) >= 11 is 8.15. The van der Waals surface area contributed by atoms with Crippen molar-refractivity contribution in [2.24, 2.45) is 0 Å². The summed E-state index contributed by atoms with van der Waals surface area (Å²) in [5.41, 5.74) is 3.19. The Balaban J connectivity index is 1.63. The Kier molecular flexibility index (Phi) is 8.26. The van der Waals surface area contributed by atoms with Gasteiger partial charge in [0.25, 0.3) is 5.91 Å². The fourth-order valence-electron chi connectivity index (χ4n) is 5.81. The van der Waals surface area contributed by atoms with Gasteiger partial charge >= 0.3 is 6.18 Å². The first-order valence-electron chi connectivity index (χ1n) is 14.2. The third-order valence-electron chi connectivity index (χ3n) is 8.13. The lowest BCUT2D eigenvalue weighted by molar-refractivity contribution is -0.173. The molecule has 0 N–H and O–H groups in total. The van der Waals surface area contributed by atoms with Crippen LogP contribution in [0.3, 0.4) is 0 Å². The van der Waals surface area contributed by atoms with Crippen LogP contribution in [-0.2, 0) is 12.4 Å². The molecule has 0 bridgehead atoms. The highest BCUT2D eigenvalue weighted by molar-refractivity contribution is 7.98. The van der Waals surface area contributed by atoms with Crippen molar-refractivity contribution in [3.8, 4) is 5.75 Å². The lowest BCUT2D eigenvalue weighted by Crippen LogP contribution is -2.60. The predicted molar refractivity (Wildman–Crippen MR) is 170 cm³/mol. The lowest BCUT2D eigenvalue weighted by Gasteiger charge is -2.46. The van der Waals surface area contributed by atoms with E-state index in [0.29, 0.717) is 11.3 Å². The molecule has 1 aromatic heterocycles. The fraction of sp³-hybridized carbons (Fsp3) is 0.273. The van der Waals surface area contributed by atoms with E-state index in [1.807, 2.05) is 67.5 Å². The zero-order chi connectivity index (χ0) is 32.0. The second kappa shape index (κ2) is 12.0. The summed E-state index contributed by atoms with van der Waals surface area (Å²) in [6, 6.07) is 19.8. The smallest absolute Gasteiger partial charge is 0.408 e. The SMILES string of the molecule is C[C@@H](N1CN([C@@H]2c3ccccc3SCc3cccc(N(C)C)c32)n2cc(Cl)c(=O)c(OCc3ccccc3)c2C1=O)C(F)(F)F. The van der Waals surface area contributed by atoms with E-state index in [4.69, 9.17) is 16.3 Å². The van der Waals surface area contributed by atoms with Crippen LogP contribution in [0.25, 0.3) is 0 Å². The van der Waals surface area contributed by atoms with Crippen LogP contribution in [0.4, 0.5) is 18.9 Å². The number of carbonyl (C=O) groups excluding carboxylic acids is 1. The van der Waals surface area contributed by atoms with Gasteiger partial charge in [0, 0.05) is 42.2 Å². The maximum Gasteiger partial charge on any atom is 0.408 e. The van der Waals surface area contributed by atoms with Crippen molar-refractivity contribution in [3.63, 3.8) is 0 Å². The molecule has 1 amide bonds. The Morgan fingerprint density at radius 1 is 1.02 bits per heavy atom. The van der Waals surface area contributed by atoms with Crippen LogP contribution < -0.4 is 20.1 Å². The number of ether oxygens (including phenoxy) is 1. The van der Waals surface area contributed by atoms with Gasteiger partial charge in [-0.05, 0) is 35.7 Å². The minimum atomic E-state index is -4.73. The molecule has 0 saturated heterocycles. The summed E-state index contributed by atoms with van der Waals surface area (Å²) in [5, 5.41) is 1.45. The van der Waals surface area contributed by atoms with E-state index in [2.05, 4.69) is 0 Å². The number of amides is 1. The fourth-order valence-corrected chi connectivity index (χ4v) is 7.07. The summed E-state index contributed by atoms with van der Waals surface area (Å²) in [7, 11) is 3.82. The number of hydrogen-bond acceptors (Lipinski definition) is 6. The molecule has 6 rings (SSSR count). The summed E-state index contributed by atoms with van der Waals surface area (Å²) < 4.78 is 50.4. The van der Waals surface area contributed by atoms with E-state index < -0.39 is 42.0 Å². The Labute approximate surface area is 267 Å². The Morgan fingerprint density at radius 2 is 1.73 bits per heavy atom. The van der Waals surface area contributed by atoms with Crippen LogP contribution in [0.15, 0.2) is 88.7 Å².